The van der Waals surface area contributed by atoms with Crippen LogP contribution in [0.15, 0.2) is 18.2 Å². The van der Waals surface area contributed by atoms with E-state index < -0.39 is 4.92 Å². The van der Waals surface area contributed by atoms with Gasteiger partial charge in [-0.05, 0) is 45.4 Å². The summed E-state index contributed by atoms with van der Waals surface area (Å²) in [4.78, 5) is 22.8. The van der Waals surface area contributed by atoms with E-state index in [2.05, 4.69) is 10.4 Å². The Morgan fingerprint density at radius 1 is 1.21 bits per heavy atom. The van der Waals surface area contributed by atoms with Gasteiger partial charge in [-0.3, -0.25) is 19.6 Å². The van der Waals surface area contributed by atoms with Crippen molar-refractivity contribution in [1.82, 2.24) is 15.1 Å². The number of rotatable bonds is 10. The second-order valence-corrected chi connectivity index (χ2v) is 6.17. The Balaban J connectivity index is 1.93. The first-order valence-corrected chi connectivity index (χ1v) is 9.20. The Kier molecular flexibility index (Phi) is 7.36. The van der Waals surface area contributed by atoms with Gasteiger partial charge in [-0.25, -0.2) is 0 Å². The number of hydrogen-bond acceptors (Lipinski definition) is 6. The van der Waals surface area contributed by atoms with Crippen molar-refractivity contribution in [1.29, 1.82) is 0 Å². The molecule has 28 heavy (non-hydrogen) atoms. The van der Waals surface area contributed by atoms with E-state index in [9.17, 15) is 14.9 Å². The van der Waals surface area contributed by atoms with Gasteiger partial charge in [0.05, 0.1) is 24.7 Å². The van der Waals surface area contributed by atoms with E-state index in [1.54, 1.807) is 13.8 Å². The summed E-state index contributed by atoms with van der Waals surface area (Å²) in [5.41, 5.74) is 1.68. The number of hydrogen-bond donors (Lipinski definition) is 1. The van der Waals surface area contributed by atoms with E-state index in [1.807, 2.05) is 32.0 Å². The smallest absolute Gasteiger partial charge is 0.312 e. The lowest BCUT2D eigenvalue weighted by molar-refractivity contribution is -0.386. The SMILES string of the molecule is CCOc1ccc(CNC(=O)CCn2nc(C)c([N+](=O)[O-])c2C)cc1OCC. The largest absolute Gasteiger partial charge is 0.490 e. The van der Waals surface area contributed by atoms with Gasteiger partial charge in [0.1, 0.15) is 11.4 Å². The Bertz CT molecular complexity index is 847. The molecule has 0 saturated heterocycles. The van der Waals surface area contributed by atoms with Crippen LogP contribution >= 0.6 is 0 Å². The standard InChI is InChI=1S/C19H26N4O5/c1-5-27-16-8-7-15(11-17(16)28-6-2)12-20-18(24)9-10-22-14(4)19(23(25)26)13(3)21-22/h7-8,11H,5-6,9-10,12H2,1-4H3,(H,20,24). The first-order chi connectivity index (χ1) is 13.4. The Morgan fingerprint density at radius 2 is 1.89 bits per heavy atom. The molecular weight excluding hydrogens is 364 g/mol. The summed E-state index contributed by atoms with van der Waals surface area (Å²) in [6, 6.07) is 5.54. The van der Waals surface area contributed by atoms with Gasteiger partial charge in [0.2, 0.25) is 5.91 Å². The van der Waals surface area contributed by atoms with Crippen molar-refractivity contribution in [2.75, 3.05) is 13.2 Å². The molecule has 0 aliphatic heterocycles. The molecular formula is C19H26N4O5. The lowest BCUT2D eigenvalue weighted by atomic mass is 10.2. The Hall–Kier alpha value is -3.10. The van der Waals surface area contributed by atoms with E-state index in [-0.39, 0.29) is 24.6 Å². The number of nitro groups is 1. The van der Waals surface area contributed by atoms with Crippen molar-refractivity contribution in [3.05, 3.63) is 45.3 Å². The minimum atomic E-state index is -0.448. The van der Waals surface area contributed by atoms with Gasteiger partial charge in [-0.2, -0.15) is 5.10 Å². The number of carbonyl (C=O) groups is 1. The zero-order chi connectivity index (χ0) is 20.7. The highest BCUT2D eigenvalue weighted by atomic mass is 16.6. The zero-order valence-corrected chi connectivity index (χ0v) is 16.7. The molecule has 2 rings (SSSR count). The first kappa shape index (κ1) is 21.2. The van der Waals surface area contributed by atoms with Crippen LogP contribution in [0.5, 0.6) is 11.5 Å². The van der Waals surface area contributed by atoms with Crippen LogP contribution in [0.1, 0.15) is 37.2 Å². The van der Waals surface area contributed by atoms with Crippen molar-refractivity contribution in [3.63, 3.8) is 0 Å². The second kappa shape index (κ2) is 9.72. The van der Waals surface area contributed by atoms with Crippen molar-refractivity contribution >= 4 is 11.6 Å². The van der Waals surface area contributed by atoms with E-state index in [4.69, 9.17) is 9.47 Å². The summed E-state index contributed by atoms with van der Waals surface area (Å²) in [5, 5.41) is 18.0. The highest BCUT2D eigenvalue weighted by Gasteiger charge is 2.21. The van der Waals surface area contributed by atoms with Crippen LogP contribution in [0.25, 0.3) is 0 Å². The van der Waals surface area contributed by atoms with Crippen LogP contribution in [0, 0.1) is 24.0 Å². The molecule has 0 aliphatic rings. The minimum absolute atomic E-state index is 0.00162. The molecule has 0 aliphatic carbocycles. The number of nitrogens with one attached hydrogen (secondary N) is 1. The Morgan fingerprint density at radius 3 is 2.50 bits per heavy atom. The maximum absolute atomic E-state index is 12.2. The van der Waals surface area contributed by atoms with E-state index in [0.29, 0.717) is 42.6 Å². The van der Waals surface area contributed by atoms with Gasteiger partial charge in [0, 0.05) is 13.0 Å². The van der Waals surface area contributed by atoms with Crippen LogP contribution in [0.4, 0.5) is 5.69 Å². The molecule has 1 heterocycles. The summed E-state index contributed by atoms with van der Waals surface area (Å²) >= 11 is 0. The average molecular weight is 390 g/mol. The van der Waals surface area contributed by atoms with Gasteiger partial charge in [0.25, 0.3) is 0 Å². The van der Waals surface area contributed by atoms with Crippen molar-refractivity contribution in [3.8, 4) is 11.5 Å². The van der Waals surface area contributed by atoms with Gasteiger partial charge in [-0.1, -0.05) is 6.07 Å². The minimum Gasteiger partial charge on any atom is -0.490 e. The second-order valence-electron chi connectivity index (χ2n) is 6.17. The molecule has 0 fully saturated rings. The molecule has 1 aromatic heterocycles. The van der Waals surface area contributed by atoms with Crippen LogP contribution < -0.4 is 14.8 Å². The highest BCUT2D eigenvalue weighted by molar-refractivity contribution is 5.75. The molecule has 0 radical (unpaired) electrons. The molecule has 1 aromatic carbocycles. The molecule has 0 spiro atoms. The number of benzene rings is 1. The molecule has 0 unspecified atom stereocenters. The molecule has 1 amide bonds. The third-order valence-electron chi connectivity index (χ3n) is 4.17. The third kappa shape index (κ3) is 5.21. The summed E-state index contributed by atoms with van der Waals surface area (Å²) in [6.45, 7) is 8.71. The van der Waals surface area contributed by atoms with Crippen LogP contribution in [-0.4, -0.2) is 33.8 Å². The fraction of sp³-hybridized carbons (Fsp3) is 0.474. The topological polar surface area (TPSA) is 109 Å². The average Bonchev–Trinajstić information content (AvgIpc) is 2.94. The number of nitrogens with zero attached hydrogens (tertiary/aromatic N) is 3. The number of carbonyl (C=O) groups excluding carboxylic acids is 1. The number of aromatic nitrogens is 2. The summed E-state index contributed by atoms with van der Waals surface area (Å²) in [5.74, 6) is 1.15. The normalized spacial score (nSPS) is 10.6. The number of aryl methyl sites for hydroxylation is 2. The maximum atomic E-state index is 12.2. The first-order valence-electron chi connectivity index (χ1n) is 9.20. The number of amides is 1. The van der Waals surface area contributed by atoms with Gasteiger partial charge in [0.15, 0.2) is 11.5 Å². The predicted molar refractivity (Wildman–Crippen MR) is 104 cm³/mol. The van der Waals surface area contributed by atoms with Crippen molar-refractivity contribution < 1.29 is 19.2 Å². The van der Waals surface area contributed by atoms with E-state index in [0.717, 1.165) is 5.56 Å². The van der Waals surface area contributed by atoms with Crippen LogP contribution in [-0.2, 0) is 17.9 Å². The lowest BCUT2D eigenvalue weighted by Crippen LogP contribution is -2.24. The molecule has 152 valence electrons. The van der Waals surface area contributed by atoms with Gasteiger partial charge >= 0.3 is 5.69 Å². The number of ether oxygens (including phenoxy) is 2. The molecule has 0 bridgehead atoms. The van der Waals surface area contributed by atoms with Crippen LogP contribution in [0.2, 0.25) is 0 Å². The molecule has 1 N–H and O–H groups in total. The zero-order valence-electron chi connectivity index (χ0n) is 16.7. The van der Waals surface area contributed by atoms with Crippen molar-refractivity contribution in [2.24, 2.45) is 0 Å². The van der Waals surface area contributed by atoms with E-state index in [1.165, 1.54) is 4.68 Å². The summed E-state index contributed by atoms with van der Waals surface area (Å²) in [7, 11) is 0. The Labute approximate surface area is 163 Å². The van der Waals surface area contributed by atoms with Crippen LogP contribution in [0.3, 0.4) is 0 Å². The quantitative estimate of drug-likeness (QED) is 0.493. The fourth-order valence-electron chi connectivity index (χ4n) is 2.87. The van der Waals surface area contributed by atoms with Crippen molar-refractivity contribution in [2.45, 2.75) is 47.2 Å². The van der Waals surface area contributed by atoms with Gasteiger partial charge < -0.3 is 14.8 Å². The van der Waals surface area contributed by atoms with Gasteiger partial charge in [-0.15, -0.1) is 0 Å². The molecule has 2 aromatic rings. The highest BCUT2D eigenvalue weighted by Crippen LogP contribution is 2.28. The predicted octanol–water partition coefficient (Wildman–Crippen LogP) is 2.91. The molecule has 9 nitrogen and oxygen atoms in total. The summed E-state index contributed by atoms with van der Waals surface area (Å²) < 4.78 is 12.6. The molecule has 0 atom stereocenters. The third-order valence-corrected chi connectivity index (χ3v) is 4.17. The molecule has 0 saturated carbocycles. The summed E-state index contributed by atoms with van der Waals surface area (Å²) in [6.07, 6.45) is 0.175. The maximum Gasteiger partial charge on any atom is 0.312 e. The van der Waals surface area contributed by atoms with E-state index >= 15 is 0 Å². The lowest BCUT2D eigenvalue weighted by Gasteiger charge is -2.13. The molecule has 9 heteroatoms. The monoisotopic (exact) mass is 390 g/mol. The fourth-order valence-corrected chi connectivity index (χ4v) is 2.87.